The van der Waals surface area contributed by atoms with Crippen LogP contribution < -0.4 is 0 Å². The molecule has 0 aromatic heterocycles. The molecule has 2 nitrogen and oxygen atoms in total. The Balaban J connectivity index is 0. The fourth-order valence-corrected chi connectivity index (χ4v) is 2.79. The Morgan fingerprint density at radius 2 is 1.75 bits per heavy atom. The minimum Gasteiger partial charge on any atom is -0.146 e. The van der Waals surface area contributed by atoms with E-state index in [0.29, 0.717) is 12.5 Å². The molecule has 0 fully saturated rings. The van der Waals surface area contributed by atoms with Crippen molar-refractivity contribution >= 4 is 8.03 Å². The van der Waals surface area contributed by atoms with Gasteiger partial charge in [0, 0.05) is 46.8 Å². The molecule has 4 heteroatoms. The van der Waals surface area contributed by atoms with Crippen molar-refractivity contribution in [1.29, 1.82) is 0 Å². The number of hydrogen-bond acceptors (Lipinski definition) is 2. The molecule has 0 radical (unpaired) electrons. The van der Waals surface area contributed by atoms with Crippen LogP contribution in [0.3, 0.4) is 0 Å². The van der Waals surface area contributed by atoms with Gasteiger partial charge in [-0.1, -0.05) is 40.0 Å². The summed E-state index contributed by atoms with van der Waals surface area (Å²) < 4.78 is 16.9. The summed E-state index contributed by atoms with van der Waals surface area (Å²) in [4.78, 5) is 0. The molecule has 0 rings (SSSR count). The van der Waals surface area contributed by atoms with Crippen LogP contribution in [0.2, 0.25) is 0 Å². The molecule has 94 valence electrons. The molecular weight excluding hydrogens is 351 g/mol. The van der Waals surface area contributed by atoms with Crippen molar-refractivity contribution in [2.75, 3.05) is 12.8 Å². The van der Waals surface area contributed by atoms with Crippen molar-refractivity contribution in [3.8, 4) is 0 Å². The molecule has 0 aliphatic carbocycles. The van der Waals surface area contributed by atoms with Gasteiger partial charge in [0.25, 0.3) is 0 Å². The maximum atomic E-state index is 11.6. The average molecular weight is 378 g/mol. The van der Waals surface area contributed by atoms with Crippen LogP contribution in [0.5, 0.6) is 0 Å². The van der Waals surface area contributed by atoms with E-state index in [1.54, 1.807) is 0 Å². The van der Waals surface area contributed by atoms with E-state index in [0.717, 1.165) is 25.4 Å². The Kier molecular flexibility index (Phi) is 17.9. The summed E-state index contributed by atoms with van der Waals surface area (Å²) in [5.41, 5.74) is 0. The molecule has 0 N–H and O–H groups in total. The maximum Gasteiger partial charge on any atom is 0.508 e. The summed E-state index contributed by atoms with van der Waals surface area (Å²) in [7, 11) is -1.40. The predicted octanol–water partition coefficient (Wildman–Crippen LogP) is 4.76. The zero-order valence-corrected chi connectivity index (χ0v) is 15.1. The first kappa shape index (κ1) is 19.7. The third kappa shape index (κ3) is 11.9. The van der Waals surface area contributed by atoms with E-state index in [4.69, 9.17) is 4.52 Å². The summed E-state index contributed by atoms with van der Waals surface area (Å²) >= 11 is 0. The first-order valence-corrected chi connectivity index (χ1v) is 7.68. The van der Waals surface area contributed by atoms with Crippen molar-refractivity contribution in [3.63, 3.8) is 0 Å². The first-order chi connectivity index (χ1) is 7.24. The molecule has 0 spiro atoms. The molecule has 0 bridgehead atoms. The average Bonchev–Trinajstić information content (AvgIpc) is 2.24. The van der Waals surface area contributed by atoms with Gasteiger partial charge in [-0.05, 0) is 23.8 Å². The van der Waals surface area contributed by atoms with Crippen molar-refractivity contribution in [3.05, 3.63) is 0 Å². The Hall–Kier alpha value is 1.41. The standard InChI is InChI=1S/C12H26O2P.Nd/c1-4-7-9-12(6-3)11-15(13)14-10-8-5-2;/h12H,4-11H2,1-3H3;/q+1;. The summed E-state index contributed by atoms with van der Waals surface area (Å²) in [6.45, 7) is 7.16. The normalized spacial score (nSPS) is 13.1. The quantitative estimate of drug-likeness (QED) is 0.405. The minimum absolute atomic E-state index is 0. The topological polar surface area (TPSA) is 26.3 Å². The predicted molar refractivity (Wildman–Crippen MR) is 66.6 cm³/mol. The van der Waals surface area contributed by atoms with Crippen LogP contribution in [0.25, 0.3) is 0 Å². The van der Waals surface area contributed by atoms with Crippen molar-refractivity contribution in [2.24, 2.45) is 5.92 Å². The second-order valence-corrected chi connectivity index (χ2v) is 5.41. The van der Waals surface area contributed by atoms with Crippen molar-refractivity contribution in [2.45, 2.75) is 59.3 Å². The molecule has 0 aromatic carbocycles. The molecule has 16 heavy (non-hydrogen) atoms. The molecular formula is C12H26NdO2P+. The zero-order chi connectivity index (χ0) is 11.5. The van der Waals surface area contributed by atoms with Gasteiger partial charge < -0.3 is 0 Å². The Bertz CT molecular complexity index is 165. The Labute approximate surface area is 135 Å². The molecule has 0 saturated heterocycles. The smallest absolute Gasteiger partial charge is 0.146 e. The van der Waals surface area contributed by atoms with Gasteiger partial charge in [-0.2, -0.15) is 0 Å². The van der Waals surface area contributed by atoms with E-state index in [1.807, 2.05) is 0 Å². The van der Waals surface area contributed by atoms with E-state index in [1.165, 1.54) is 19.3 Å². The summed E-state index contributed by atoms with van der Waals surface area (Å²) in [5.74, 6) is 0.593. The van der Waals surface area contributed by atoms with E-state index >= 15 is 0 Å². The monoisotopic (exact) mass is 375 g/mol. The van der Waals surface area contributed by atoms with Crippen LogP contribution in [0.4, 0.5) is 0 Å². The van der Waals surface area contributed by atoms with Crippen LogP contribution in [-0.2, 0) is 9.09 Å². The molecule has 0 aromatic rings. The number of hydrogen-bond donors (Lipinski definition) is 0. The van der Waals surface area contributed by atoms with Crippen LogP contribution in [-0.4, -0.2) is 12.8 Å². The van der Waals surface area contributed by atoms with Gasteiger partial charge in [0.1, 0.15) is 6.61 Å². The van der Waals surface area contributed by atoms with Gasteiger partial charge in [-0.3, -0.25) is 0 Å². The number of rotatable bonds is 10. The van der Waals surface area contributed by atoms with Crippen LogP contribution in [0, 0.1) is 46.8 Å². The van der Waals surface area contributed by atoms with Gasteiger partial charge in [0.05, 0.1) is 0 Å². The fourth-order valence-electron chi connectivity index (χ4n) is 1.49. The van der Waals surface area contributed by atoms with Gasteiger partial charge in [-0.15, -0.1) is 4.52 Å². The molecule has 2 unspecified atom stereocenters. The molecule has 0 heterocycles. The van der Waals surface area contributed by atoms with E-state index in [9.17, 15) is 4.57 Å². The summed E-state index contributed by atoms with van der Waals surface area (Å²) in [6.07, 6.45) is 7.68. The molecule has 0 amide bonds. The van der Waals surface area contributed by atoms with E-state index in [-0.39, 0.29) is 40.8 Å². The second kappa shape index (κ2) is 14.5. The SMILES string of the molecule is CCCCO[P+](=O)CC(CC)CCCC.[Nd]. The van der Waals surface area contributed by atoms with Gasteiger partial charge in [0.2, 0.25) is 0 Å². The van der Waals surface area contributed by atoms with Crippen LogP contribution in [0.15, 0.2) is 0 Å². The van der Waals surface area contributed by atoms with Crippen LogP contribution in [0.1, 0.15) is 59.3 Å². The van der Waals surface area contributed by atoms with E-state index in [2.05, 4.69) is 20.8 Å². The summed E-state index contributed by atoms with van der Waals surface area (Å²) in [6, 6.07) is 0. The Morgan fingerprint density at radius 1 is 1.12 bits per heavy atom. The molecule has 0 aliphatic heterocycles. The Morgan fingerprint density at radius 3 is 2.25 bits per heavy atom. The minimum atomic E-state index is -1.40. The third-order valence-electron chi connectivity index (χ3n) is 2.68. The van der Waals surface area contributed by atoms with Crippen LogP contribution >= 0.6 is 8.03 Å². The second-order valence-electron chi connectivity index (χ2n) is 4.12. The number of unbranched alkanes of at least 4 members (excludes halogenated alkanes) is 2. The van der Waals surface area contributed by atoms with Gasteiger partial charge in [0.15, 0.2) is 6.16 Å². The van der Waals surface area contributed by atoms with Gasteiger partial charge in [-0.25, -0.2) is 0 Å². The first-order valence-electron chi connectivity index (χ1n) is 6.32. The third-order valence-corrected chi connectivity index (χ3v) is 3.97. The molecule has 0 aliphatic rings. The zero-order valence-electron chi connectivity index (χ0n) is 11.0. The largest absolute Gasteiger partial charge is 0.508 e. The molecule has 2 atom stereocenters. The maximum absolute atomic E-state index is 11.6. The summed E-state index contributed by atoms with van der Waals surface area (Å²) in [5, 5.41) is 0. The fraction of sp³-hybridized carbons (Fsp3) is 1.00. The van der Waals surface area contributed by atoms with Gasteiger partial charge >= 0.3 is 8.03 Å². The van der Waals surface area contributed by atoms with Crippen molar-refractivity contribution < 1.29 is 49.9 Å². The van der Waals surface area contributed by atoms with Crippen molar-refractivity contribution in [1.82, 2.24) is 0 Å². The van der Waals surface area contributed by atoms with E-state index < -0.39 is 8.03 Å². The molecule has 0 saturated carbocycles.